The number of carbonyl (C=O) groups is 1. The molecule has 0 aromatic heterocycles. The second-order valence-corrected chi connectivity index (χ2v) is 5.85. The molecule has 94 valence electrons. The zero-order chi connectivity index (χ0) is 13.3. The summed E-state index contributed by atoms with van der Waals surface area (Å²) in [5, 5.41) is 9.07. The molecule has 0 bridgehead atoms. The van der Waals surface area contributed by atoms with Crippen molar-refractivity contribution < 1.29 is 23.1 Å². The van der Waals surface area contributed by atoms with Crippen LogP contribution in [-0.4, -0.2) is 32.9 Å². The zero-order valence-corrected chi connectivity index (χ0v) is 10.6. The van der Waals surface area contributed by atoms with Gasteiger partial charge < -0.3 is 9.84 Å². The van der Waals surface area contributed by atoms with Crippen molar-refractivity contribution in [2.24, 2.45) is 0 Å². The quantitative estimate of drug-likeness (QED) is 0.872. The molecule has 0 aliphatic carbocycles. The molecule has 0 fully saturated rings. The molecule has 1 N–H and O–H groups in total. The molecule has 0 heterocycles. The van der Waals surface area contributed by atoms with Crippen LogP contribution in [0.5, 0.6) is 0 Å². The van der Waals surface area contributed by atoms with Gasteiger partial charge in [0.15, 0.2) is 15.4 Å². The van der Waals surface area contributed by atoms with E-state index in [1.54, 1.807) is 0 Å². The Bertz CT molecular complexity index is 517. The van der Waals surface area contributed by atoms with Gasteiger partial charge in [-0.3, -0.25) is 0 Å². The van der Waals surface area contributed by atoms with Crippen molar-refractivity contribution in [2.75, 3.05) is 13.4 Å². The summed E-state index contributed by atoms with van der Waals surface area (Å²) in [6, 6.07) is 5.61. The van der Waals surface area contributed by atoms with Crippen LogP contribution in [0.25, 0.3) is 0 Å². The molecule has 0 amide bonds. The average Bonchev–Trinajstić information content (AvgIpc) is 2.26. The molecule has 0 aliphatic heterocycles. The van der Waals surface area contributed by atoms with Gasteiger partial charge in [0.1, 0.15) is 0 Å². The Balaban J connectivity index is 3.23. The zero-order valence-electron chi connectivity index (χ0n) is 9.80. The van der Waals surface area contributed by atoms with Crippen LogP contribution in [0.4, 0.5) is 0 Å². The highest BCUT2D eigenvalue weighted by molar-refractivity contribution is 7.90. The highest BCUT2D eigenvalue weighted by Crippen LogP contribution is 2.26. The van der Waals surface area contributed by atoms with E-state index in [0.29, 0.717) is 5.56 Å². The highest BCUT2D eigenvalue weighted by Gasteiger charge is 2.35. The number of ether oxygens (including phenoxy) is 1. The third-order valence-corrected chi connectivity index (χ3v) is 3.78. The number of rotatable bonds is 4. The molecule has 0 radical (unpaired) electrons. The maximum absolute atomic E-state index is 11.2. The van der Waals surface area contributed by atoms with Gasteiger partial charge in [-0.15, -0.1) is 0 Å². The van der Waals surface area contributed by atoms with Crippen LogP contribution in [-0.2, 0) is 25.0 Å². The smallest absolute Gasteiger partial charge is 0.340 e. The lowest BCUT2D eigenvalue weighted by atomic mass is 9.96. The topological polar surface area (TPSA) is 80.7 Å². The SMILES string of the molecule is COC(C)(C(=O)O)c1ccc(S(C)(=O)=O)cc1. The molecule has 0 spiro atoms. The van der Waals surface area contributed by atoms with Crippen LogP contribution in [0.2, 0.25) is 0 Å². The van der Waals surface area contributed by atoms with Crippen molar-refractivity contribution >= 4 is 15.8 Å². The van der Waals surface area contributed by atoms with E-state index >= 15 is 0 Å². The van der Waals surface area contributed by atoms with Crippen LogP contribution in [0, 0.1) is 0 Å². The van der Waals surface area contributed by atoms with Gasteiger partial charge in [0.25, 0.3) is 0 Å². The minimum atomic E-state index is -3.28. The van der Waals surface area contributed by atoms with Crippen molar-refractivity contribution in [1.82, 2.24) is 0 Å². The van der Waals surface area contributed by atoms with E-state index in [9.17, 15) is 13.2 Å². The maximum atomic E-state index is 11.2. The lowest BCUT2D eigenvalue weighted by Gasteiger charge is -2.23. The molecular formula is C11H14O5S. The first-order valence-corrected chi connectivity index (χ1v) is 6.70. The summed E-state index contributed by atoms with van der Waals surface area (Å²) < 4.78 is 27.5. The van der Waals surface area contributed by atoms with Crippen molar-refractivity contribution in [1.29, 1.82) is 0 Å². The van der Waals surface area contributed by atoms with Gasteiger partial charge in [-0.1, -0.05) is 12.1 Å². The minimum Gasteiger partial charge on any atom is -0.479 e. The molecular weight excluding hydrogens is 244 g/mol. The Morgan fingerprint density at radius 1 is 1.29 bits per heavy atom. The van der Waals surface area contributed by atoms with E-state index in [0.717, 1.165) is 6.26 Å². The lowest BCUT2D eigenvalue weighted by molar-refractivity contribution is -0.161. The number of hydrogen-bond acceptors (Lipinski definition) is 4. The van der Waals surface area contributed by atoms with Gasteiger partial charge in [-0.05, 0) is 24.6 Å². The van der Waals surface area contributed by atoms with E-state index in [1.807, 2.05) is 0 Å². The summed E-state index contributed by atoms with van der Waals surface area (Å²) in [5.41, 5.74) is -1.09. The number of aliphatic carboxylic acids is 1. The number of sulfone groups is 1. The largest absolute Gasteiger partial charge is 0.479 e. The molecule has 17 heavy (non-hydrogen) atoms. The van der Waals surface area contributed by atoms with Gasteiger partial charge in [-0.2, -0.15) is 0 Å². The average molecular weight is 258 g/mol. The second-order valence-electron chi connectivity index (χ2n) is 3.84. The van der Waals surface area contributed by atoms with Gasteiger partial charge in [0.05, 0.1) is 4.90 Å². The van der Waals surface area contributed by atoms with E-state index in [-0.39, 0.29) is 4.90 Å². The molecule has 0 saturated carbocycles. The predicted octanol–water partition coefficient (Wildman–Crippen LogP) is 1.04. The van der Waals surface area contributed by atoms with Crippen LogP contribution in [0.3, 0.4) is 0 Å². The van der Waals surface area contributed by atoms with Gasteiger partial charge in [-0.25, -0.2) is 13.2 Å². The summed E-state index contributed by atoms with van der Waals surface area (Å²) in [7, 11) is -1.99. The highest BCUT2D eigenvalue weighted by atomic mass is 32.2. The third-order valence-electron chi connectivity index (χ3n) is 2.65. The molecule has 5 nitrogen and oxygen atoms in total. The summed E-state index contributed by atoms with van der Waals surface area (Å²) in [6.45, 7) is 1.41. The van der Waals surface area contributed by atoms with E-state index < -0.39 is 21.4 Å². The Morgan fingerprint density at radius 3 is 2.06 bits per heavy atom. The van der Waals surface area contributed by atoms with Crippen LogP contribution < -0.4 is 0 Å². The number of methoxy groups -OCH3 is 1. The monoisotopic (exact) mass is 258 g/mol. The molecule has 1 aromatic carbocycles. The summed E-state index contributed by atoms with van der Waals surface area (Å²) in [6.07, 6.45) is 1.09. The third kappa shape index (κ3) is 2.65. The molecule has 0 saturated heterocycles. The van der Waals surface area contributed by atoms with Crippen LogP contribution in [0.1, 0.15) is 12.5 Å². The first-order chi connectivity index (χ1) is 7.71. The number of carboxylic acids is 1. The van der Waals surface area contributed by atoms with E-state index in [1.165, 1.54) is 38.3 Å². The van der Waals surface area contributed by atoms with E-state index in [4.69, 9.17) is 9.84 Å². The van der Waals surface area contributed by atoms with Crippen molar-refractivity contribution in [2.45, 2.75) is 17.4 Å². The minimum absolute atomic E-state index is 0.144. The number of benzene rings is 1. The molecule has 0 aliphatic rings. The Kier molecular flexibility index (Phi) is 3.59. The van der Waals surface area contributed by atoms with Crippen LogP contribution in [0.15, 0.2) is 29.2 Å². The predicted molar refractivity (Wildman–Crippen MR) is 61.5 cm³/mol. The fourth-order valence-electron chi connectivity index (χ4n) is 1.35. The Morgan fingerprint density at radius 2 is 1.76 bits per heavy atom. The number of carboxylic acid groups (broad SMARTS) is 1. The van der Waals surface area contributed by atoms with Crippen molar-refractivity contribution in [3.63, 3.8) is 0 Å². The first-order valence-electron chi connectivity index (χ1n) is 4.81. The standard InChI is InChI=1S/C11H14O5S/c1-11(16-2,10(12)13)8-4-6-9(7-5-8)17(3,14)15/h4-7H,1-3H3,(H,12,13). The Hall–Kier alpha value is -1.40. The summed E-state index contributed by atoms with van der Waals surface area (Å²) in [4.78, 5) is 11.2. The van der Waals surface area contributed by atoms with E-state index in [2.05, 4.69) is 0 Å². The second kappa shape index (κ2) is 4.46. The summed E-state index contributed by atoms with van der Waals surface area (Å²) >= 11 is 0. The normalized spacial score (nSPS) is 15.2. The molecule has 1 atom stereocenters. The Labute approximate surface area is 100.0 Å². The first kappa shape index (κ1) is 13.7. The molecule has 1 rings (SSSR count). The summed E-state index contributed by atoms with van der Waals surface area (Å²) in [5.74, 6) is -1.13. The maximum Gasteiger partial charge on any atom is 0.340 e. The van der Waals surface area contributed by atoms with Gasteiger partial charge >= 0.3 is 5.97 Å². The van der Waals surface area contributed by atoms with Crippen molar-refractivity contribution in [3.8, 4) is 0 Å². The van der Waals surface area contributed by atoms with Crippen molar-refractivity contribution in [3.05, 3.63) is 29.8 Å². The molecule has 6 heteroatoms. The molecule has 1 aromatic rings. The fraction of sp³-hybridized carbons (Fsp3) is 0.364. The van der Waals surface area contributed by atoms with Gasteiger partial charge in [0, 0.05) is 13.4 Å². The van der Waals surface area contributed by atoms with Gasteiger partial charge in [0.2, 0.25) is 0 Å². The lowest BCUT2D eigenvalue weighted by Crippen LogP contribution is -2.34. The van der Waals surface area contributed by atoms with Crippen LogP contribution >= 0.6 is 0 Å². The number of hydrogen-bond donors (Lipinski definition) is 1. The fourth-order valence-corrected chi connectivity index (χ4v) is 1.98. The molecule has 1 unspecified atom stereocenters.